The fourth-order valence-corrected chi connectivity index (χ4v) is 1.66. The van der Waals surface area contributed by atoms with Crippen LogP contribution in [0.3, 0.4) is 0 Å². The standard InChI is InChI=1S/C12H18O2/c1-8-9(2)11(6-13)5-12(7-14-4)10(8)3/h5,13H,6-7H2,1-4H3. The van der Waals surface area contributed by atoms with E-state index in [0.29, 0.717) is 6.61 Å². The Morgan fingerprint density at radius 2 is 1.64 bits per heavy atom. The quantitative estimate of drug-likeness (QED) is 0.799. The van der Waals surface area contributed by atoms with Gasteiger partial charge < -0.3 is 9.84 Å². The van der Waals surface area contributed by atoms with E-state index in [4.69, 9.17) is 4.74 Å². The first kappa shape index (κ1) is 11.2. The molecule has 0 radical (unpaired) electrons. The largest absolute Gasteiger partial charge is 0.392 e. The van der Waals surface area contributed by atoms with Crippen LogP contribution >= 0.6 is 0 Å². The van der Waals surface area contributed by atoms with E-state index >= 15 is 0 Å². The van der Waals surface area contributed by atoms with Gasteiger partial charge in [0.05, 0.1) is 13.2 Å². The van der Waals surface area contributed by atoms with Crippen LogP contribution in [-0.4, -0.2) is 12.2 Å². The first-order valence-corrected chi connectivity index (χ1v) is 4.80. The van der Waals surface area contributed by atoms with E-state index in [-0.39, 0.29) is 6.61 Å². The Morgan fingerprint density at radius 3 is 2.14 bits per heavy atom. The van der Waals surface area contributed by atoms with Gasteiger partial charge in [-0.05, 0) is 48.6 Å². The van der Waals surface area contributed by atoms with Crippen molar-refractivity contribution in [1.82, 2.24) is 0 Å². The number of hydrogen-bond acceptors (Lipinski definition) is 2. The lowest BCUT2D eigenvalue weighted by molar-refractivity contribution is 0.184. The van der Waals surface area contributed by atoms with Crippen LogP contribution in [0.15, 0.2) is 6.07 Å². The predicted molar refractivity (Wildman–Crippen MR) is 57.3 cm³/mol. The van der Waals surface area contributed by atoms with Crippen molar-refractivity contribution in [2.24, 2.45) is 0 Å². The molecule has 14 heavy (non-hydrogen) atoms. The topological polar surface area (TPSA) is 29.5 Å². The maximum atomic E-state index is 9.19. The SMILES string of the molecule is COCc1cc(CO)c(C)c(C)c1C. The van der Waals surface area contributed by atoms with E-state index in [1.807, 2.05) is 13.0 Å². The Hall–Kier alpha value is -0.860. The second kappa shape index (κ2) is 4.58. The van der Waals surface area contributed by atoms with Crippen LogP contribution in [0.25, 0.3) is 0 Å². The third-order valence-corrected chi connectivity index (χ3v) is 2.91. The van der Waals surface area contributed by atoms with E-state index in [0.717, 1.165) is 5.56 Å². The van der Waals surface area contributed by atoms with Gasteiger partial charge in [0, 0.05) is 7.11 Å². The van der Waals surface area contributed by atoms with Crippen molar-refractivity contribution in [3.8, 4) is 0 Å². The Morgan fingerprint density at radius 1 is 1.07 bits per heavy atom. The molecule has 78 valence electrons. The molecule has 0 heterocycles. The summed E-state index contributed by atoms with van der Waals surface area (Å²) < 4.78 is 5.12. The number of hydrogen-bond donors (Lipinski definition) is 1. The minimum absolute atomic E-state index is 0.101. The molecule has 2 heteroatoms. The van der Waals surface area contributed by atoms with Crippen LogP contribution in [0.2, 0.25) is 0 Å². The van der Waals surface area contributed by atoms with Crippen molar-refractivity contribution < 1.29 is 9.84 Å². The van der Waals surface area contributed by atoms with Crippen LogP contribution in [0.4, 0.5) is 0 Å². The van der Waals surface area contributed by atoms with Gasteiger partial charge in [-0.25, -0.2) is 0 Å². The van der Waals surface area contributed by atoms with E-state index in [2.05, 4.69) is 13.8 Å². The van der Waals surface area contributed by atoms with E-state index < -0.39 is 0 Å². The Balaban J connectivity index is 3.25. The molecule has 0 unspecified atom stereocenters. The number of aliphatic hydroxyl groups is 1. The van der Waals surface area contributed by atoms with Gasteiger partial charge >= 0.3 is 0 Å². The third-order valence-electron chi connectivity index (χ3n) is 2.91. The molecular weight excluding hydrogens is 176 g/mol. The maximum Gasteiger partial charge on any atom is 0.0715 e. The Kier molecular flexibility index (Phi) is 3.67. The van der Waals surface area contributed by atoms with Crippen LogP contribution in [0, 0.1) is 20.8 Å². The first-order chi connectivity index (χ1) is 6.61. The molecule has 0 spiro atoms. The van der Waals surface area contributed by atoms with Crippen molar-refractivity contribution in [2.45, 2.75) is 34.0 Å². The molecule has 1 rings (SSSR count). The summed E-state index contributed by atoms with van der Waals surface area (Å²) in [4.78, 5) is 0. The number of methoxy groups -OCH3 is 1. The fraction of sp³-hybridized carbons (Fsp3) is 0.500. The van der Waals surface area contributed by atoms with Crippen LogP contribution in [0.1, 0.15) is 27.8 Å². The van der Waals surface area contributed by atoms with E-state index in [1.165, 1.54) is 22.3 Å². The van der Waals surface area contributed by atoms with Gasteiger partial charge in [-0.1, -0.05) is 6.07 Å². The maximum absolute atomic E-state index is 9.19. The summed E-state index contributed by atoms with van der Waals surface area (Å²) in [5.41, 5.74) is 5.87. The molecule has 0 bridgehead atoms. The van der Waals surface area contributed by atoms with Crippen molar-refractivity contribution in [3.63, 3.8) is 0 Å². The molecule has 1 aromatic carbocycles. The second-order valence-electron chi connectivity index (χ2n) is 3.66. The van der Waals surface area contributed by atoms with Gasteiger partial charge in [-0.15, -0.1) is 0 Å². The normalized spacial score (nSPS) is 10.6. The third kappa shape index (κ3) is 1.97. The molecule has 0 saturated heterocycles. The van der Waals surface area contributed by atoms with Crippen LogP contribution < -0.4 is 0 Å². The summed E-state index contributed by atoms with van der Waals surface area (Å²) in [5.74, 6) is 0. The molecule has 2 nitrogen and oxygen atoms in total. The average Bonchev–Trinajstić information content (AvgIpc) is 2.19. The minimum atomic E-state index is 0.101. The summed E-state index contributed by atoms with van der Waals surface area (Å²) in [6.07, 6.45) is 0. The van der Waals surface area contributed by atoms with Gasteiger partial charge in [-0.2, -0.15) is 0 Å². The van der Waals surface area contributed by atoms with Gasteiger partial charge in [-0.3, -0.25) is 0 Å². The number of benzene rings is 1. The molecular formula is C12H18O2. The minimum Gasteiger partial charge on any atom is -0.392 e. The zero-order valence-corrected chi connectivity index (χ0v) is 9.35. The zero-order valence-electron chi connectivity index (χ0n) is 9.35. The highest BCUT2D eigenvalue weighted by Gasteiger charge is 2.08. The average molecular weight is 194 g/mol. The van der Waals surface area contributed by atoms with E-state index in [9.17, 15) is 5.11 Å². The first-order valence-electron chi connectivity index (χ1n) is 4.80. The van der Waals surface area contributed by atoms with Crippen molar-refractivity contribution in [2.75, 3.05) is 7.11 Å². The summed E-state index contributed by atoms with van der Waals surface area (Å²) in [6, 6.07) is 2.03. The Labute approximate surface area is 85.5 Å². The van der Waals surface area contributed by atoms with Crippen molar-refractivity contribution >= 4 is 0 Å². The lowest BCUT2D eigenvalue weighted by atomic mass is 9.94. The molecule has 0 aromatic heterocycles. The lowest BCUT2D eigenvalue weighted by Crippen LogP contribution is -2.01. The van der Waals surface area contributed by atoms with Crippen LogP contribution in [0.5, 0.6) is 0 Å². The highest BCUT2D eigenvalue weighted by molar-refractivity contribution is 5.43. The van der Waals surface area contributed by atoms with Gasteiger partial charge in [0.15, 0.2) is 0 Å². The molecule has 0 fully saturated rings. The number of ether oxygens (including phenoxy) is 1. The van der Waals surface area contributed by atoms with Gasteiger partial charge in [0.25, 0.3) is 0 Å². The van der Waals surface area contributed by atoms with Gasteiger partial charge in [0.1, 0.15) is 0 Å². The highest BCUT2D eigenvalue weighted by atomic mass is 16.5. The predicted octanol–water partition coefficient (Wildman–Crippen LogP) is 2.25. The molecule has 0 aliphatic heterocycles. The molecule has 1 aromatic rings. The molecule has 0 saturated carbocycles. The molecule has 0 aliphatic carbocycles. The smallest absolute Gasteiger partial charge is 0.0715 e. The highest BCUT2D eigenvalue weighted by Crippen LogP contribution is 2.22. The molecule has 0 amide bonds. The molecule has 0 aliphatic rings. The van der Waals surface area contributed by atoms with Gasteiger partial charge in [0.2, 0.25) is 0 Å². The second-order valence-corrected chi connectivity index (χ2v) is 3.66. The molecule has 1 N–H and O–H groups in total. The summed E-state index contributed by atoms with van der Waals surface area (Å²) in [6.45, 7) is 6.94. The summed E-state index contributed by atoms with van der Waals surface area (Å²) in [7, 11) is 1.69. The summed E-state index contributed by atoms with van der Waals surface area (Å²) >= 11 is 0. The Bertz CT molecular complexity index is 330. The number of aliphatic hydroxyl groups excluding tert-OH is 1. The lowest BCUT2D eigenvalue weighted by Gasteiger charge is -2.14. The zero-order chi connectivity index (χ0) is 10.7. The van der Waals surface area contributed by atoms with E-state index in [1.54, 1.807) is 7.11 Å². The van der Waals surface area contributed by atoms with Crippen molar-refractivity contribution in [1.29, 1.82) is 0 Å². The van der Waals surface area contributed by atoms with Crippen LogP contribution in [-0.2, 0) is 18.0 Å². The fourth-order valence-electron chi connectivity index (χ4n) is 1.66. The number of rotatable bonds is 3. The monoisotopic (exact) mass is 194 g/mol. The van der Waals surface area contributed by atoms with Crippen molar-refractivity contribution in [3.05, 3.63) is 33.9 Å². The molecule has 0 atom stereocenters. The summed E-state index contributed by atoms with van der Waals surface area (Å²) in [5, 5.41) is 9.19.